The highest BCUT2D eigenvalue weighted by Crippen LogP contribution is 2.38. The predicted octanol–water partition coefficient (Wildman–Crippen LogP) is 5.16. The van der Waals surface area contributed by atoms with E-state index in [2.05, 4.69) is 45.5 Å². The summed E-state index contributed by atoms with van der Waals surface area (Å²) in [7, 11) is 5.81. The van der Waals surface area contributed by atoms with Gasteiger partial charge in [0.25, 0.3) is 0 Å². The molecule has 0 aromatic rings. The molecule has 8 nitrogen and oxygen atoms in total. The van der Waals surface area contributed by atoms with Gasteiger partial charge >= 0.3 is 5.97 Å². The minimum absolute atomic E-state index is 0.0955. The van der Waals surface area contributed by atoms with E-state index in [9.17, 15) is 4.79 Å². The molecule has 3 aliphatic heterocycles. The highest BCUT2D eigenvalue weighted by atomic mass is 16.7. The van der Waals surface area contributed by atoms with Crippen LogP contribution in [-0.2, 0) is 33.2 Å². The van der Waals surface area contributed by atoms with Gasteiger partial charge in [0.15, 0.2) is 12.6 Å². The van der Waals surface area contributed by atoms with Gasteiger partial charge in [0.05, 0.1) is 32.3 Å². The Morgan fingerprint density at radius 2 is 1.90 bits per heavy atom. The lowest BCUT2D eigenvalue weighted by Gasteiger charge is -2.39. The molecule has 0 N–H and O–H groups in total. The number of fused-ring (bicyclic) bond motifs is 1. The smallest absolute Gasteiger partial charge is 0.310 e. The number of likely N-dealkylation sites (N-methyl/N-ethyl adjacent to an activating group) is 1. The standard InChI is InChI=1S/C31H49NO7/c1-8-18-35-30-20-24-19-21(2)26(38-29-17-14-25(32(5)6)23(4)37-29)13-11-9-10-12-22(3)36-28(33)16-15-27(34-7)31(24)39-30/h8-11,13,15,21-26,29-31H,1,12,14,16-20H2,2-7H3/b10-9+,13-11+,27-15-/t21-,22-,23-,24-,25+,26+,29?,30-,31-/m1/s1. The molecule has 0 aromatic heterocycles. The van der Waals surface area contributed by atoms with Gasteiger partial charge in [0.1, 0.15) is 18.0 Å². The third kappa shape index (κ3) is 9.57. The Balaban J connectivity index is 1.82. The third-order valence-corrected chi connectivity index (χ3v) is 7.77. The topological polar surface area (TPSA) is 75.7 Å². The molecule has 2 fully saturated rings. The van der Waals surface area contributed by atoms with Crippen molar-refractivity contribution in [1.82, 2.24) is 4.90 Å². The van der Waals surface area contributed by atoms with Crippen LogP contribution in [0.2, 0.25) is 0 Å². The van der Waals surface area contributed by atoms with Crippen LogP contribution < -0.4 is 0 Å². The first-order chi connectivity index (χ1) is 18.7. The molecule has 3 rings (SSSR count). The number of carbonyl (C=O) groups excluding carboxylic acids is 1. The number of carbonyl (C=O) groups is 1. The lowest BCUT2D eigenvalue weighted by Crippen LogP contribution is -2.46. The maximum absolute atomic E-state index is 12.4. The van der Waals surface area contributed by atoms with Gasteiger partial charge in [-0.3, -0.25) is 4.79 Å². The Labute approximate surface area is 235 Å². The van der Waals surface area contributed by atoms with E-state index in [0.717, 1.165) is 19.3 Å². The van der Waals surface area contributed by atoms with E-state index in [1.54, 1.807) is 19.3 Å². The summed E-state index contributed by atoms with van der Waals surface area (Å²) < 4.78 is 36.4. The molecule has 39 heavy (non-hydrogen) atoms. The molecule has 8 heteroatoms. The van der Waals surface area contributed by atoms with Gasteiger partial charge in [-0.05, 0) is 65.1 Å². The highest BCUT2D eigenvalue weighted by Gasteiger charge is 2.41. The number of cyclic esters (lactones) is 1. The quantitative estimate of drug-likeness (QED) is 0.320. The molecule has 0 radical (unpaired) electrons. The number of esters is 1. The second kappa shape index (κ2) is 15.7. The van der Waals surface area contributed by atoms with E-state index in [4.69, 9.17) is 28.4 Å². The van der Waals surface area contributed by atoms with Crippen molar-refractivity contribution in [1.29, 1.82) is 0 Å². The fraction of sp³-hybridized carbons (Fsp3) is 0.710. The average molecular weight is 548 g/mol. The van der Waals surface area contributed by atoms with Crippen molar-refractivity contribution >= 4 is 5.97 Å². The summed E-state index contributed by atoms with van der Waals surface area (Å²) in [6, 6.07) is 0.386. The van der Waals surface area contributed by atoms with Crippen molar-refractivity contribution in [2.75, 3.05) is 27.8 Å². The monoisotopic (exact) mass is 547 g/mol. The van der Waals surface area contributed by atoms with Crippen LogP contribution in [0.15, 0.2) is 48.8 Å². The van der Waals surface area contributed by atoms with E-state index < -0.39 is 0 Å². The molecule has 3 heterocycles. The number of hydrogen-bond acceptors (Lipinski definition) is 8. The third-order valence-electron chi connectivity index (χ3n) is 7.77. The zero-order valence-electron chi connectivity index (χ0n) is 24.6. The number of rotatable bonds is 7. The van der Waals surface area contributed by atoms with Gasteiger partial charge in [0.2, 0.25) is 0 Å². The number of allylic oxidation sites excluding steroid dienone is 2. The molecule has 3 aliphatic rings. The van der Waals surface area contributed by atoms with Crippen LogP contribution >= 0.6 is 0 Å². The molecule has 1 unspecified atom stereocenters. The first-order valence-electron chi connectivity index (χ1n) is 14.3. The summed E-state index contributed by atoms with van der Waals surface area (Å²) in [5, 5.41) is 0. The van der Waals surface area contributed by atoms with Crippen molar-refractivity contribution < 1.29 is 33.2 Å². The summed E-state index contributed by atoms with van der Waals surface area (Å²) in [5.74, 6) is 0.621. The summed E-state index contributed by atoms with van der Waals surface area (Å²) in [5.41, 5.74) is 0. The maximum atomic E-state index is 12.4. The molecule has 9 atom stereocenters. The van der Waals surface area contributed by atoms with Crippen molar-refractivity contribution in [2.45, 2.75) is 102 Å². The predicted molar refractivity (Wildman–Crippen MR) is 151 cm³/mol. The van der Waals surface area contributed by atoms with Crippen LogP contribution in [0.3, 0.4) is 0 Å². The van der Waals surface area contributed by atoms with Crippen LogP contribution in [0.4, 0.5) is 0 Å². The largest absolute Gasteiger partial charge is 0.499 e. The van der Waals surface area contributed by atoms with Gasteiger partial charge in [-0.1, -0.05) is 37.3 Å². The first-order valence-corrected chi connectivity index (χ1v) is 14.3. The summed E-state index contributed by atoms with van der Waals surface area (Å²) in [6.07, 6.45) is 14.6. The van der Waals surface area contributed by atoms with Crippen molar-refractivity contribution in [3.8, 4) is 0 Å². The number of nitrogens with zero attached hydrogens (tertiary/aromatic N) is 1. The van der Waals surface area contributed by atoms with Gasteiger partial charge in [-0.15, -0.1) is 6.58 Å². The minimum Gasteiger partial charge on any atom is -0.499 e. The molecular weight excluding hydrogens is 498 g/mol. The number of ether oxygens (including phenoxy) is 6. The Kier molecular flexibility index (Phi) is 12.7. The number of hydrogen-bond donors (Lipinski definition) is 0. The van der Waals surface area contributed by atoms with Crippen molar-refractivity contribution in [3.63, 3.8) is 0 Å². The second-order valence-corrected chi connectivity index (χ2v) is 11.2. The fourth-order valence-electron chi connectivity index (χ4n) is 5.72. The normalized spacial score (nSPS) is 39.7. The zero-order chi connectivity index (χ0) is 28.4. The highest BCUT2D eigenvalue weighted by molar-refractivity contribution is 5.71. The lowest BCUT2D eigenvalue weighted by atomic mass is 9.86. The molecule has 0 bridgehead atoms. The molecule has 2 saturated heterocycles. The maximum Gasteiger partial charge on any atom is 0.310 e. The summed E-state index contributed by atoms with van der Waals surface area (Å²) >= 11 is 0. The summed E-state index contributed by atoms with van der Waals surface area (Å²) in [6.45, 7) is 10.4. The van der Waals surface area contributed by atoms with Crippen LogP contribution in [0.1, 0.15) is 59.3 Å². The molecule has 0 spiro atoms. The minimum atomic E-state index is -0.374. The molecule has 220 valence electrons. The fourth-order valence-corrected chi connectivity index (χ4v) is 5.72. The second-order valence-electron chi connectivity index (χ2n) is 11.2. The molecular formula is C31H49NO7. The lowest BCUT2D eigenvalue weighted by molar-refractivity contribution is -0.224. The average Bonchev–Trinajstić information content (AvgIpc) is 3.28. The molecule has 0 aromatic carbocycles. The SMILES string of the molecule is C=CCO[C@H]1C[C@H]2C[C@@H](C)[C@@H](OC3CC[C@H](N(C)C)[C@@H](C)O3)/C=C/C=C/C[C@@H](C)OC(=O)C/C=C(\OC)[C@@H]2O1. The van der Waals surface area contributed by atoms with Crippen LogP contribution in [0, 0.1) is 11.8 Å². The van der Waals surface area contributed by atoms with Crippen LogP contribution in [-0.4, -0.2) is 81.7 Å². The Hall–Kier alpha value is -1.97. The van der Waals surface area contributed by atoms with Crippen LogP contribution in [0.5, 0.6) is 0 Å². The Morgan fingerprint density at radius 1 is 1.10 bits per heavy atom. The van der Waals surface area contributed by atoms with E-state index in [0.29, 0.717) is 31.2 Å². The van der Waals surface area contributed by atoms with Gasteiger partial charge in [0, 0.05) is 18.9 Å². The van der Waals surface area contributed by atoms with E-state index >= 15 is 0 Å². The first kappa shape index (κ1) is 31.6. The Morgan fingerprint density at radius 3 is 2.59 bits per heavy atom. The van der Waals surface area contributed by atoms with E-state index in [-0.39, 0.29) is 61.2 Å². The summed E-state index contributed by atoms with van der Waals surface area (Å²) in [4.78, 5) is 14.7. The van der Waals surface area contributed by atoms with Crippen molar-refractivity contribution in [3.05, 3.63) is 48.8 Å². The zero-order valence-corrected chi connectivity index (χ0v) is 24.6. The van der Waals surface area contributed by atoms with E-state index in [1.807, 2.05) is 25.2 Å². The molecule has 0 saturated carbocycles. The van der Waals surface area contributed by atoms with Gasteiger partial charge in [-0.25, -0.2) is 0 Å². The molecule has 0 amide bonds. The van der Waals surface area contributed by atoms with Crippen molar-refractivity contribution in [2.24, 2.45) is 11.8 Å². The number of methoxy groups -OCH3 is 1. The van der Waals surface area contributed by atoms with Crippen LogP contribution in [0.25, 0.3) is 0 Å². The van der Waals surface area contributed by atoms with Gasteiger partial charge < -0.3 is 33.3 Å². The molecule has 0 aliphatic carbocycles. The Bertz CT molecular complexity index is 869. The van der Waals surface area contributed by atoms with E-state index in [1.165, 1.54) is 0 Å². The van der Waals surface area contributed by atoms with Gasteiger partial charge in [-0.2, -0.15) is 0 Å².